The van der Waals surface area contributed by atoms with Gasteiger partial charge in [0.2, 0.25) is 5.91 Å². The van der Waals surface area contributed by atoms with Gasteiger partial charge in [-0.1, -0.05) is 0 Å². The first-order valence-corrected chi connectivity index (χ1v) is 8.63. The van der Waals surface area contributed by atoms with Crippen molar-refractivity contribution in [2.24, 2.45) is 0 Å². The normalized spacial score (nSPS) is 21.9. The van der Waals surface area contributed by atoms with Gasteiger partial charge in [0.1, 0.15) is 0 Å². The number of nitrogens with zero attached hydrogens (tertiary/aromatic N) is 1. The third-order valence-electron chi connectivity index (χ3n) is 3.23. The molecule has 1 heterocycles. The molecular formula is C12H25N3O4S. The molecular weight excluding hydrogens is 282 g/mol. The molecule has 0 aliphatic carbocycles. The van der Waals surface area contributed by atoms with Crippen LogP contribution in [0, 0.1) is 0 Å². The molecule has 0 aromatic carbocycles. The summed E-state index contributed by atoms with van der Waals surface area (Å²) < 4.78 is 27.9. The molecule has 20 heavy (non-hydrogen) atoms. The Kier molecular flexibility index (Phi) is 7.42. The van der Waals surface area contributed by atoms with Crippen molar-refractivity contribution < 1.29 is 17.9 Å². The number of sulfone groups is 1. The summed E-state index contributed by atoms with van der Waals surface area (Å²) in [7, 11) is 0.626. The van der Waals surface area contributed by atoms with Gasteiger partial charge in [-0.05, 0) is 7.05 Å². The molecule has 0 aromatic rings. The maximum Gasteiger partial charge on any atom is 0.221 e. The lowest BCUT2D eigenvalue weighted by Gasteiger charge is -2.23. The number of amides is 1. The van der Waals surface area contributed by atoms with E-state index in [1.165, 1.54) is 0 Å². The average Bonchev–Trinajstić information content (AvgIpc) is 2.35. The number of carbonyl (C=O) groups is 1. The number of hydrogen-bond acceptors (Lipinski definition) is 6. The first kappa shape index (κ1) is 17.4. The molecule has 1 fully saturated rings. The predicted molar refractivity (Wildman–Crippen MR) is 77.4 cm³/mol. The Morgan fingerprint density at radius 1 is 1.45 bits per heavy atom. The van der Waals surface area contributed by atoms with E-state index in [1.807, 2.05) is 7.05 Å². The maximum atomic E-state index is 11.7. The van der Waals surface area contributed by atoms with E-state index in [0.29, 0.717) is 19.7 Å². The molecule has 0 spiro atoms. The van der Waals surface area contributed by atoms with Crippen LogP contribution in [0.5, 0.6) is 0 Å². The zero-order valence-corrected chi connectivity index (χ0v) is 13.0. The summed E-state index contributed by atoms with van der Waals surface area (Å²) >= 11 is 0. The van der Waals surface area contributed by atoms with Crippen LogP contribution in [0.4, 0.5) is 0 Å². The van der Waals surface area contributed by atoms with Crippen LogP contribution in [0.15, 0.2) is 0 Å². The van der Waals surface area contributed by atoms with Crippen LogP contribution in [0.2, 0.25) is 0 Å². The van der Waals surface area contributed by atoms with Crippen molar-refractivity contribution in [2.75, 3.05) is 58.4 Å². The second-order valence-corrected chi connectivity index (χ2v) is 7.34. The minimum atomic E-state index is -2.99. The average molecular weight is 307 g/mol. The summed E-state index contributed by atoms with van der Waals surface area (Å²) in [5.41, 5.74) is 0. The van der Waals surface area contributed by atoms with Gasteiger partial charge in [0, 0.05) is 45.8 Å². The minimum absolute atomic E-state index is 0.0498. The molecule has 1 rings (SSSR count). The summed E-state index contributed by atoms with van der Waals surface area (Å²) in [6.45, 7) is 3.20. The van der Waals surface area contributed by atoms with Crippen LogP contribution in [0.3, 0.4) is 0 Å². The van der Waals surface area contributed by atoms with Gasteiger partial charge < -0.3 is 20.3 Å². The number of ether oxygens (including phenoxy) is 1. The van der Waals surface area contributed by atoms with Gasteiger partial charge in [-0.15, -0.1) is 0 Å². The van der Waals surface area contributed by atoms with Gasteiger partial charge in [-0.25, -0.2) is 8.42 Å². The van der Waals surface area contributed by atoms with Gasteiger partial charge in [-0.2, -0.15) is 0 Å². The van der Waals surface area contributed by atoms with E-state index < -0.39 is 9.84 Å². The Morgan fingerprint density at radius 3 is 2.85 bits per heavy atom. The third-order valence-corrected chi connectivity index (χ3v) is 4.96. The van der Waals surface area contributed by atoms with Crippen molar-refractivity contribution in [2.45, 2.75) is 12.5 Å². The van der Waals surface area contributed by atoms with E-state index in [4.69, 9.17) is 4.74 Å². The van der Waals surface area contributed by atoms with Crippen LogP contribution in [-0.2, 0) is 19.4 Å². The van der Waals surface area contributed by atoms with E-state index in [-0.39, 0.29) is 29.9 Å². The lowest BCUT2D eigenvalue weighted by Crippen LogP contribution is -2.47. The predicted octanol–water partition coefficient (Wildman–Crippen LogP) is -1.54. The summed E-state index contributed by atoms with van der Waals surface area (Å²) in [6.07, 6.45) is 0.209. The molecule has 1 unspecified atom stereocenters. The van der Waals surface area contributed by atoms with E-state index in [0.717, 1.165) is 13.1 Å². The number of methoxy groups -OCH3 is 1. The minimum Gasteiger partial charge on any atom is -0.383 e. The second-order valence-electron chi connectivity index (χ2n) is 5.12. The van der Waals surface area contributed by atoms with Crippen LogP contribution in [0.25, 0.3) is 0 Å². The molecule has 0 radical (unpaired) electrons. The topological polar surface area (TPSA) is 87.7 Å². The fourth-order valence-corrected chi connectivity index (χ4v) is 3.48. The van der Waals surface area contributed by atoms with Crippen LogP contribution < -0.4 is 10.6 Å². The highest BCUT2D eigenvalue weighted by Gasteiger charge is 2.25. The second kappa shape index (κ2) is 8.56. The van der Waals surface area contributed by atoms with Crippen molar-refractivity contribution in [3.05, 3.63) is 0 Å². The summed E-state index contributed by atoms with van der Waals surface area (Å²) in [5.74, 6) is 0.101. The summed E-state index contributed by atoms with van der Waals surface area (Å²) in [6, 6.07) is -0.264. The van der Waals surface area contributed by atoms with Gasteiger partial charge in [-0.3, -0.25) is 4.79 Å². The molecule has 2 N–H and O–H groups in total. The Bertz CT molecular complexity index is 400. The first-order valence-electron chi connectivity index (χ1n) is 6.81. The fourth-order valence-electron chi connectivity index (χ4n) is 2.04. The molecule has 1 atom stereocenters. The zero-order chi connectivity index (χ0) is 15.0. The van der Waals surface area contributed by atoms with Gasteiger partial charge in [0.15, 0.2) is 9.84 Å². The van der Waals surface area contributed by atoms with E-state index in [1.54, 1.807) is 7.11 Å². The summed E-state index contributed by atoms with van der Waals surface area (Å²) in [4.78, 5) is 13.8. The van der Waals surface area contributed by atoms with E-state index in [2.05, 4.69) is 15.5 Å². The largest absolute Gasteiger partial charge is 0.383 e. The Morgan fingerprint density at radius 2 is 2.20 bits per heavy atom. The quantitative estimate of drug-likeness (QED) is 0.565. The van der Waals surface area contributed by atoms with Crippen molar-refractivity contribution in [3.63, 3.8) is 0 Å². The van der Waals surface area contributed by atoms with E-state index >= 15 is 0 Å². The Hall–Kier alpha value is -0.700. The standard InChI is InChI=1S/C12H25N3O4S/c1-15(6-7-19-2)5-3-14-12(16)9-11-10-20(17,18)8-4-13-11/h11,13H,3-10H2,1-2H3,(H,14,16). The van der Waals surface area contributed by atoms with Crippen molar-refractivity contribution in [3.8, 4) is 0 Å². The SMILES string of the molecule is COCCN(C)CCNC(=O)CC1CS(=O)(=O)CCN1. The molecule has 7 nitrogen and oxygen atoms in total. The molecule has 8 heteroatoms. The van der Waals surface area contributed by atoms with Gasteiger partial charge >= 0.3 is 0 Å². The number of likely N-dealkylation sites (N-methyl/N-ethyl adjacent to an activating group) is 1. The number of nitrogens with one attached hydrogen (secondary N) is 2. The lowest BCUT2D eigenvalue weighted by molar-refractivity contribution is -0.121. The zero-order valence-electron chi connectivity index (χ0n) is 12.2. The molecule has 1 aliphatic rings. The highest BCUT2D eigenvalue weighted by atomic mass is 32.2. The van der Waals surface area contributed by atoms with Crippen LogP contribution >= 0.6 is 0 Å². The molecule has 1 amide bonds. The van der Waals surface area contributed by atoms with Gasteiger partial charge in [0.05, 0.1) is 18.1 Å². The monoisotopic (exact) mass is 307 g/mol. The number of rotatable bonds is 8. The van der Waals surface area contributed by atoms with Gasteiger partial charge in [0.25, 0.3) is 0 Å². The lowest BCUT2D eigenvalue weighted by atomic mass is 10.2. The Labute approximate surface area is 121 Å². The first-order chi connectivity index (χ1) is 9.43. The van der Waals surface area contributed by atoms with Crippen molar-refractivity contribution in [1.29, 1.82) is 0 Å². The number of hydrogen-bond donors (Lipinski definition) is 2. The summed E-state index contributed by atoms with van der Waals surface area (Å²) in [5, 5.41) is 5.87. The van der Waals surface area contributed by atoms with Crippen molar-refractivity contribution >= 4 is 15.7 Å². The molecule has 0 saturated carbocycles. The smallest absolute Gasteiger partial charge is 0.221 e. The molecule has 0 bridgehead atoms. The fraction of sp³-hybridized carbons (Fsp3) is 0.917. The highest BCUT2D eigenvalue weighted by Crippen LogP contribution is 2.04. The van der Waals surface area contributed by atoms with Crippen LogP contribution in [0.1, 0.15) is 6.42 Å². The van der Waals surface area contributed by atoms with E-state index in [9.17, 15) is 13.2 Å². The molecule has 1 saturated heterocycles. The number of carbonyl (C=O) groups excluding carboxylic acids is 1. The maximum absolute atomic E-state index is 11.7. The highest BCUT2D eigenvalue weighted by molar-refractivity contribution is 7.91. The molecule has 1 aliphatic heterocycles. The third kappa shape index (κ3) is 7.18. The molecule has 0 aromatic heterocycles. The molecule has 118 valence electrons. The van der Waals surface area contributed by atoms with Crippen LogP contribution in [-0.4, -0.2) is 83.7 Å². The Balaban J connectivity index is 2.17. The van der Waals surface area contributed by atoms with Crippen molar-refractivity contribution in [1.82, 2.24) is 15.5 Å².